The van der Waals surface area contributed by atoms with Gasteiger partial charge in [-0.2, -0.15) is 0 Å². The van der Waals surface area contributed by atoms with Crippen LogP contribution in [0.2, 0.25) is 5.02 Å². The van der Waals surface area contributed by atoms with Crippen molar-refractivity contribution in [2.24, 2.45) is 0 Å². The first kappa shape index (κ1) is 19.3. The van der Waals surface area contributed by atoms with Gasteiger partial charge in [-0.1, -0.05) is 29.8 Å². The lowest BCUT2D eigenvalue weighted by Crippen LogP contribution is -2.45. The van der Waals surface area contributed by atoms with Crippen LogP contribution in [0.4, 0.5) is 0 Å². The maximum atomic E-state index is 12.7. The molecule has 148 valence electrons. The summed E-state index contributed by atoms with van der Waals surface area (Å²) in [5.74, 6) is 1.11. The summed E-state index contributed by atoms with van der Waals surface area (Å²) in [4.78, 5) is 27.1. The molecule has 6 heteroatoms. The van der Waals surface area contributed by atoms with Gasteiger partial charge in [0.05, 0.1) is 6.54 Å². The number of nitrogens with zero attached hydrogens (tertiary/aromatic N) is 1. The first-order valence-electron chi connectivity index (χ1n) is 9.60. The van der Waals surface area contributed by atoms with Crippen LogP contribution in [-0.4, -0.2) is 29.3 Å². The van der Waals surface area contributed by atoms with E-state index in [-0.39, 0.29) is 18.4 Å². The second-order valence-corrected chi connectivity index (χ2v) is 7.45. The highest BCUT2D eigenvalue weighted by atomic mass is 35.5. The average molecular weight is 409 g/mol. The topological polar surface area (TPSA) is 62.6 Å². The summed E-state index contributed by atoms with van der Waals surface area (Å²) in [5.41, 5.74) is 1.52. The summed E-state index contributed by atoms with van der Waals surface area (Å²) < 4.78 is 5.83. The third kappa shape index (κ3) is 4.35. The zero-order chi connectivity index (χ0) is 20.2. The van der Waals surface area contributed by atoms with Crippen molar-refractivity contribution >= 4 is 23.4 Å². The number of likely N-dealkylation sites (tertiary alicyclic amines) is 1. The molecule has 1 aliphatic heterocycles. The Kier molecular flexibility index (Phi) is 5.67. The second kappa shape index (κ2) is 8.53. The molecule has 0 radical (unpaired) electrons. The maximum Gasteiger partial charge on any atom is 0.254 e. The molecule has 0 bridgehead atoms. The summed E-state index contributed by atoms with van der Waals surface area (Å²) in [5, 5.41) is 3.57. The van der Waals surface area contributed by atoms with Crippen molar-refractivity contribution in [1.82, 2.24) is 10.2 Å². The molecule has 4 rings (SSSR count). The summed E-state index contributed by atoms with van der Waals surface area (Å²) in [7, 11) is 0. The number of carbonyl (C=O) groups excluding carboxylic acids is 2. The fraction of sp³-hybridized carbons (Fsp3) is 0.217. The van der Waals surface area contributed by atoms with Crippen molar-refractivity contribution < 1.29 is 14.0 Å². The summed E-state index contributed by atoms with van der Waals surface area (Å²) in [6.45, 7) is 0.865. The number of carbonyl (C=O) groups is 2. The molecule has 0 spiro atoms. The van der Waals surface area contributed by atoms with Gasteiger partial charge in [-0.15, -0.1) is 0 Å². The van der Waals surface area contributed by atoms with Crippen LogP contribution in [0.15, 0.2) is 71.1 Å². The highest BCUT2D eigenvalue weighted by Crippen LogP contribution is 2.24. The molecular weight excluding hydrogens is 388 g/mol. The Morgan fingerprint density at radius 1 is 1.03 bits per heavy atom. The van der Waals surface area contributed by atoms with Crippen LogP contribution in [0.25, 0.3) is 11.3 Å². The molecule has 1 fully saturated rings. The predicted molar refractivity (Wildman–Crippen MR) is 112 cm³/mol. The average Bonchev–Trinajstić information content (AvgIpc) is 3.42. The minimum Gasteiger partial charge on any atom is -0.459 e. The number of furan rings is 1. The SMILES string of the molecule is O=C(NCc1ccc(-c2ccc(Cl)cc2)o1)[C@H]1CCCN1C(=O)c1ccccc1. The zero-order valence-corrected chi connectivity index (χ0v) is 16.6. The molecule has 1 aliphatic rings. The number of halogens is 1. The molecular formula is C23H21ClN2O3. The van der Waals surface area contributed by atoms with Gasteiger partial charge in [0.1, 0.15) is 17.6 Å². The predicted octanol–water partition coefficient (Wildman–Crippen LogP) is 4.52. The monoisotopic (exact) mass is 408 g/mol. The van der Waals surface area contributed by atoms with Gasteiger partial charge in [-0.25, -0.2) is 0 Å². The smallest absolute Gasteiger partial charge is 0.254 e. The number of hydrogen-bond acceptors (Lipinski definition) is 3. The van der Waals surface area contributed by atoms with Gasteiger partial charge >= 0.3 is 0 Å². The van der Waals surface area contributed by atoms with Crippen molar-refractivity contribution in [3.8, 4) is 11.3 Å². The third-order valence-corrected chi connectivity index (χ3v) is 5.32. The molecule has 29 heavy (non-hydrogen) atoms. The van der Waals surface area contributed by atoms with E-state index in [2.05, 4.69) is 5.32 Å². The van der Waals surface area contributed by atoms with E-state index in [1.54, 1.807) is 29.2 Å². The maximum absolute atomic E-state index is 12.7. The normalized spacial score (nSPS) is 16.0. The van der Waals surface area contributed by atoms with Crippen molar-refractivity contribution in [2.45, 2.75) is 25.4 Å². The Balaban J connectivity index is 1.38. The first-order valence-corrected chi connectivity index (χ1v) is 9.98. The van der Waals surface area contributed by atoms with Gasteiger partial charge in [0.15, 0.2) is 0 Å². The van der Waals surface area contributed by atoms with E-state index >= 15 is 0 Å². The van der Waals surface area contributed by atoms with E-state index in [1.807, 2.05) is 42.5 Å². The van der Waals surface area contributed by atoms with Gasteiger partial charge in [0.2, 0.25) is 5.91 Å². The Morgan fingerprint density at radius 3 is 2.55 bits per heavy atom. The number of rotatable bonds is 5. The molecule has 0 saturated carbocycles. The van der Waals surface area contributed by atoms with Crippen LogP contribution < -0.4 is 5.32 Å². The van der Waals surface area contributed by atoms with Crippen molar-refractivity contribution in [2.75, 3.05) is 6.54 Å². The number of hydrogen-bond donors (Lipinski definition) is 1. The lowest BCUT2D eigenvalue weighted by molar-refractivity contribution is -0.125. The van der Waals surface area contributed by atoms with Crippen LogP contribution in [0.3, 0.4) is 0 Å². The van der Waals surface area contributed by atoms with Crippen LogP contribution >= 0.6 is 11.6 Å². The molecule has 0 unspecified atom stereocenters. The summed E-state index contributed by atoms with van der Waals surface area (Å²) >= 11 is 5.92. The van der Waals surface area contributed by atoms with E-state index in [9.17, 15) is 9.59 Å². The van der Waals surface area contributed by atoms with E-state index in [1.165, 1.54) is 0 Å². The molecule has 2 amide bonds. The van der Waals surface area contributed by atoms with Gasteiger partial charge in [-0.3, -0.25) is 9.59 Å². The Labute approximate surface area is 174 Å². The Hall–Kier alpha value is -3.05. The van der Waals surface area contributed by atoms with E-state index < -0.39 is 6.04 Å². The standard InChI is InChI=1S/C23H21ClN2O3/c24-18-10-8-16(9-11-18)21-13-12-19(29-21)15-25-22(27)20-7-4-14-26(20)23(28)17-5-2-1-3-6-17/h1-3,5-6,8-13,20H,4,7,14-15H2,(H,25,27)/t20-/m1/s1. The van der Waals surface area contributed by atoms with E-state index in [0.717, 1.165) is 12.0 Å². The fourth-order valence-corrected chi connectivity index (χ4v) is 3.69. The minimum absolute atomic E-state index is 0.105. The molecule has 2 aromatic carbocycles. The lowest BCUT2D eigenvalue weighted by Gasteiger charge is -2.24. The first-order chi connectivity index (χ1) is 14.1. The number of amides is 2. The highest BCUT2D eigenvalue weighted by molar-refractivity contribution is 6.30. The lowest BCUT2D eigenvalue weighted by atomic mass is 10.1. The molecule has 2 heterocycles. The molecule has 1 N–H and O–H groups in total. The van der Waals surface area contributed by atoms with Crippen molar-refractivity contribution in [3.05, 3.63) is 83.1 Å². The van der Waals surface area contributed by atoms with Gasteiger partial charge in [0.25, 0.3) is 5.91 Å². The van der Waals surface area contributed by atoms with Gasteiger partial charge in [0, 0.05) is 22.7 Å². The zero-order valence-electron chi connectivity index (χ0n) is 15.8. The van der Waals surface area contributed by atoms with Crippen LogP contribution in [-0.2, 0) is 11.3 Å². The summed E-state index contributed by atoms with van der Waals surface area (Å²) in [6.07, 6.45) is 1.48. The highest BCUT2D eigenvalue weighted by Gasteiger charge is 2.34. The Morgan fingerprint density at radius 2 is 1.79 bits per heavy atom. The quantitative estimate of drug-likeness (QED) is 0.675. The van der Waals surface area contributed by atoms with E-state index in [4.69, 9.17) is 16.0 Å². The van der Waals surface area contributed by atoms with Crippen LogP contribution in [0, 0.1) is 0 Å². The van der Waals surface area contributed by atoms with E-state index in [0.29, 0.717) is 35.1 Å². The van der Waals surface area contributed by atoms with Crippen molar-refractivity contribution in [1.29, 1.82) is 0 Å². The van der Waals surface area contributed by atoms with Gasteiger partial charge < -0.3 is 14.6 Å². The summed E-state index contributed by atoms with van der Waals surface area (Å²) in [6, 6.07) is 19.7. The molecule has 0 aliphatic carbocycles. The van der Waals surface area contributed by atoms with Crippen LogP contribution in [0.5, 0.6) is 0 Å². The number of nitrogens with one attached hydrogen (secondary N) is 1. The minimum atomic E-state index is -0.451. The van der Waals surface area contributed by atoms with Crippen LogP contribution in [0.1, 0.15) is 29.0 Å². The molecule has 5 nitrogen and oxygen atoms in total. The molecule has 3 aromatic rings. The fourth-order valence-electron chi connectivity index (χ4n) is 3.56. The van der Waals surface area contributed by atoms with Crippen molar-refractivity contribution in [3.63, 3.8) is 0 Å². The Bertz CT molecular complexity index is 998. The molecule has 1 atom stereocenters. The largest absolute Gasteiger partial charge is 0.459 e. The third-order valence-electron chi connectivity index (χ3n) is 5.06. The number of benzene rings is 2. The molecule has 1 aromatic heterocycles. The molecule has 1 saturated heterocycles. The van der Waals surface area contributed by atoms with Gasteiger partial charge in [-0.05, 0) is 61.4 Å². The second-order valence-electron chi connectivity index (χ2n) is 7.01.